The van der Waals surface area contributed by atoms with Gasteiger partial charge in [0.2, 0.25) is 11.8 Å². The number of nitrogens with zero attached hydrogens (tertiary/aromatic N) is 1. The lowest BCUT2D eigenvalue weighted by Gasteiger charge is -2.32. The number of carbonyl (C=O) groups is 2. The molecule has 0 spiro atoms. The first-order valence-corrected chi connectivity index (χ1v) is 7.24. The molecule has 1 aliphatic heterocycles. The van der Waals surface area contributed by atoms with Gasteiger partial charge in [-0.25, -0.2) is 0 Å². The highest BCUT2D eigenvalue weighted by molar-refractivity contribution is 5.79. The fourth-order valence-electron chi connectivity index (χ4n) is 3.18. The van der Waals surface area contributed by atoms with Gasteiger partial charge in [0, 0.05) is 25.4 Å². The van der Waals surface area contributed by atoms with E-state index in [9.17, 15) is 9.59 Å². The lowest BCUT2D eigenvalue weighted by molar-refractivity contribution is -0.135. The molecule has 2 N–H and O–H groups in total. The topological polar surface area (TPSA) is 63.4 Å². The SMILES string of the molecule is NC(=O)C1CCN(C(=O)CC2CCCCC2)CC1. The summed E-state index contributed by atoms with van der Waals surface area (Å²) >= 11 is 0. The zero-order chi connectivity index (χ0) is 13.0. The molecule has 1 saturated carbocycles. The monoisotopic (exact) mass is 252 g/mol. The Morgan fingerprint density at radius 2 is 1.61 bits per heavy atom. The summed E-state index contributed by atoms with van der Waals surface area (Å²) in [5.74, 6) is 0.642. The largest absolute Gasteiger partial charge is 0.369 e. The van der Waals surface area contributed by atoms with Gasteiger partial charge in [0.15, 0.2) is 0 Å². The number of nitrogens with two attached hydrogens (primary N) is 1. The van der Waals surface area contributed by atoms with Crippen molar-refractivity contribution in [3.8, 4) is 0 Å². The number of hydrogen-bond acceptors (Lipinski definition) is 2. The van der Waals surface area contributed by atoms with E-state index in [-0.39, 0.29) is 17.7 Å². The van der Waals surface area contributed by atoms with Gasteiger partial charge in [-0.3, -0.25) is 9.59 Å². The summed E-state index contributed by atoms with van der Waals surface area (Å²) in [4.78, 5) is 25.1. The predicted octanol–water partition coefficient (Wildman–Crippen LogP) is 1.68. The molecule has 2 aliphatic rings. The molecule has 0 aromatic rings. The maximum atomic E-state index is 12.2. The highest BCUT2D eigenvalue weighted by Gasteiger charge is 2.27. The fourth-order valence-corrected chi connectivity index (χ4v) is 3.18. The minimum absolute atomic E-state index is 0.0243. The number of carbonyl (C=O) groups excluding carboxylic acids is 2. The number of amides is 2. The van der Waals surface area contributed by atoms with E-state index in [0.29, 0.717) is 25.4 Å². The molecule has 0 unspecified atom stereocenters. The molecule has 0 aromatic carbocycles. The first-order valence-electron chi connectivity index (χ1n) is 7.24. The maximum Gasteiger partial charge on any atom is 0.222 e. The second-order valence-corrected chi connectivity index (χ2v) is 5.77. The quantitative estimate of drug-likeness (QED) is 0.830. The molecule has 0 radical (unpaired) electrons. The van der Waals surface area contributed by atoms with E-state index in [1.165, 1.54) is 32.1 Å². The molecular weight excluding hydrogens is 228 g/mol. The summed E-state index contributed by atoms with van der Waals surface area (Å²) in [5.41, 5.74) is 5.30. The van der Waals surface area contributed by atoms with E-state index in [1.54, 1.807) is 0 Å². The van der Waals surface area contributed by atoms with Crippen molar-refractivity contribution < 1.29 is 9.59 Å². The summed E-state index contributed by atoms with van der Waals surface area (Å²) in [6.45, 7) is 1.42. The molecule has 0 aromatic heterocycles. The van der Waals surface area contributed by atoms with Crippen molar-refractivity contribution in [2.24, 2.45) is 17.6 Å². The van der Waals surface area contributed by atoms with Gasteiger partial charge in [-0.2, -0.15) is 0 Å². The van der Waals surface area contributed by atoms with Gasteiger partial charge in [0.1, 0.15) is 0 Å². The average Bonchev–Trinajstić information content (AvgIpc) is 2.40. The van der Waals surface area contributed by atoms with Gasteiger partial charge >= 0.3 is 0 Å². The third-order valence-electron chi connectivity index (χ3n) is 4.44. The summed E-state index contributed by atoms with van der Waals surface area (Å²) in [6, 6.07) is 0. The van der Waals surface area contributed by atoms with Crippen LogP contribution >= 0.6 is 0 Å². The van der Waals surface area contributed by atoms with Crippen LogP contribution in [0.15, 0.2) is 0 Å². The Morgan fingerprint density at radius 1 is 1.00 bits per heavy atom. The Balaban J connectivity index is 1.75. The first kappa shape index (κ1) is 13.4. The van der Waals surface area contributed by atoms with Crippen LogP contribution in [0.25, 0.3) is 0 Å². The Bertz CT molecular complexity index is 303. The molecule has 4 nitrogen and oxygen atoms in total. The maximum absolute atomic E-state index is 12.2. The Morgan fingerprint density at radius 3 is 2.17 bits per heavy atom. The molecule has 0 bridgehead atoms. The van der Waals surface area contributed by atoms with Gasteiger partial charge < -0.3 is 10.6 Å². The Hall–Kier alpha value is -1.06. The van der Waals surface area contributed by atoms with Crippen molar-refractivity contribution in [2.45, 2.75) is 51.4 Å². The molecule has 2 fully saturated rings. The highest BCUT2D eigenvalue weighted by atomic mass is 16.2. The lowest BCUT2D eigenvalue weighted by atomic mass is 9.86. The molecule has 102 valence electrons. The van der Waals surface area contributed by atoms with Crippen molar-refractivity contribution in [3.63, 3.8) is 0 Å². The first-order chi connectivity index (χ1) is 8.66. The molecule has 0 atom stereocenters. The van der Waals surface area contributed by atoms with Gasteiger partial charge in [-0.1, -0.05) is 19.3 Å². The standard InChI is InChI=1S/C14H24N2O2/c15-14(18)12-6-8-16(9-7-12)13(17)10-11-4-2-1-3-5-11/h11-12H,1-10H2,(H2,15,18). The van der Waals surface area contributed by atoms with E-state index < -0.39 is 0 Å². The predicted molar refractivity (Wildman–Crippen MR) is 69.7 cm³/mol. The number of rotatable bonds is 3. The van der Waals surface area contributed by atoms with Crippen LogP contribution in [0.3, 0.4) is 0 Å². The minimum atomic E-state index is -0.214. The summed E-state index contributed by atoms with van der Waals surface area (Å²) in [7, 11) is 0. The van der Waals surface area contributed by atoms with Crippen molar-refractivity contribution >= 4 is 11.8 Å². The minimum Gasteiger partial charge on any atom is -0.369 e. The van der Waals surface area contributed by atoms with E-state index >= 15 is 0 Å². The summed E-state index contributed by atoms with van der Waals surface area (Å²) < 4.78 is 0. The average molecular weight is 252 g/mol. The van der Waals surface area contributed by atoms with Crippen LogP contribution in [-0.2, 0) is 9.59 Å². The zero-order valence-corrected chi connectivity index (χ0v) is 11.1. The second kappa shape index (κ2) is 6.21. The molecule has 18 heavy (non-hydrogen) atoms. The Labute approximate surface area is 109 Å². The van der Waals surface area contributed by atoms with E-state index in [0.717, 1.165) is 12.8 Å². The van der Waals surface area contributed by atoms with Gasteiger partial charge in [0.25, 0.3) is 0 Å². The number of piperidine rings is 1. The van der Waals surface area contributed by atoms with E-state index in [1.807, 2.05) is 4.90 Å². The molecule has 2 rings (SSSR count). The molecular formula is C14H24N2O2. The van der Waals surface area contributed by atoms with Gasteiger partial charge in [-0.15, -0.1) is 0 Å². The van der Waals surface area contributed by atoms with Crippen LogP contribution < -0.4 is 5.73 Å². The number of hydrogen-bond donors (Lipinski definition) is 1. The fraction of sp³-hybridized carbons (Fsp3) is 0.857. The van der Waals surface area contributed by atoms with Gasteiger partial charge in [-0.05, 0) is 31.6 Å². The Kier molecular flexibility index (Phi) is 4.61. The number of likely N-dealkylation sites (tertiary alicyclic amines) is 1. The molecule has 1 aliphatic carbocycles. The highest BCUT2D eigenvalue weighted by Crippen LogP contribution is 2.27. The van der Waals surface area contributed by atoms with Crippen LogP contribution in [0, 0.1) is 11.8 Å². The molecule has 1 heterocycles. The zero-order valence-electron chi connectivity index (χ0n) is 11.1. The van der Waals surface area contributed by atoms with Crippen LogP contribution in [0.5, 0.6) is 0 Å². The van der Waals surface area contributed by atoms with E-state index in [4.69, 9.17) is 5.73 Å². The van der Waals surface area contributed by atoms with Crippen LogP contribution in [0.4, 0.5) is 0 Å². The number of primary amides is 1. The van der Waals surface area contributed by atoms with E-state index in [2.05, 4.69) is 0 Å². The van der Waals surface area contributed by atoms with Crippen LogP contribution in [0.2, 0.25) is 0 Å². The normalized spacial score (nSPS) is 23.0. The van der Waals surface area contributed by atoms with Crippen LogP contribution in [-0.4, -0.2) is 29.8 Å². The molecule has 1 saturated heterocycles. The van der Waals surface area contributed by atoms with Crippen molar-refractivity contribution in [1.82, 2.24) is 4.90 Å². The smallest absolute Gasteiger partial charge is 0.222 e. The van der Waals surface area contributed by atoms with Crippen molar-refractivity contribution in [1.29, 1.82) is 0 Å². The third kappa shape index (κ3) is 3.47. The van der Waals surface area contributed by atoms with Crippen molar-refractivity contribution in [3.05, 3.63) is 0 Å². The van der Waals surface area contributed by atoms with Crippen molar-refractivity contribution in [2.75, 3.05) is 13.1 Å². The molecule has 4 heteroatoms. The third-order valence-corrected chi connectivity index (χ3v) is 4.44. The lowest BCUT2D eigenvalue weighted by Crippen LogP contribution is -2.42. The van der Waals surface area contributed by atoms with Gasteiger partial charge in [0.05, 0.1) is 0 Å². The second-order valence-electron chi connectivity index (χ2n) is 5.77. The van der Waals surface area contributed by atoms with Crippen LogP contribution in [0.1, 0.15) is 51.4 Å². The summed E-state index contributed by atoms with van der Waals surface area (Å²) in [6.07, 6.45) is 8.50. The molecule has 2 amide bonds. The summed E-state index contributed by atoms with van der Waals surface area (Å²) in [5, 5.41) is 0.